The summed E-state index contributed by atoms with van der Waals surface area (Å²) in [5.41, 5.74) is 0. The van der Waals surface area contributed by atoms with Crippen molar-refractivity contribution in [3.63, 3.8) is 0 Å². The molecule has 2 atom stereocenters. The second kappa shape index (κ2) is 3.15. The molecule has 0 amide bonds. The van der Waals surface area contributed by atoms with Crippen LogP contribution in [0.15, 0.2) is 0 Å². The van der Waals surface area contributed by atoms with E-state index in [9.17, 15) is 0 Å². The van der Waals surface area contributed by atoms with Crippen molar-refractivity contribution in [3.8, 4) is 0 Å². The summed E-state index contributed by atoms with van der Waals surface area (Å²) >= 11 is 0. The molecule has 0 N–H and O–H groups in total. The van der Waals surface area contributed by atoms with Crippen molar-refractivity contribution < 1.29 is 14.2 Å². The summed E-state index contributed by atoms with van der Waals surface area (Å²) in [5.74, 6) is 0. The van der Waals surface area contributed by atoms with Gasteiger partial charge in [0.1, 0.15) is 0 Å². The number of rotatable bonds is 1. The molecule has 0 radical (unpaired) electrons. The molecular formula is C6H12O3. The zero-order chi connectivity index (χ0) is 6.69. The van der Waals surface area contributed by atoms with Crippen molar-refractivity contribution in [2.24, 2.45) is 0 Å². The second-order valence-corrected chi connectivity index (χ2v) is 2.13. The maximum atomic E-state index is 5.19. The Morgan fingerprint density at radius 3 is 2.78 bits per heavy atom. The van der Waals surface area contributed by atoms with Crippen LogP contribution in [0.25, 0.3) is 0 Å². The van der Waals surface area contributed by atoms with Crippen LogP contribution in [-0.4, -0.2) is 26.3 Å². The zero-order valence-corrected chi connectivity index (χ0v) is 5.79. The average Bonchev–Trinajstić information content (AvgIpc) is 1.88. The second-order valence-electron chi connectivity index (χ2n) is 2.13. The van der Waals surface area contributed by atoms with Gasteiger partial charge in [0.05, 0.1) is 12.7 Å². The number of methoxy groups -OCH3 is 1. The highest BCUT2D eigenvalue weighted by Crippen LogP contribution is 2.11. The van der Waals surface area contributed by atoms with E-state index in [0.29, 0.717) is 0 Å². The van der Waals surface area contributed by atoms with Crippen LogP contribution in [0.3, 0.4) is 0 Å². The number of hydrogen-bond donors (Lipinski definition) is 0. The SMILES string of the molecule is CO[C@@H]1OCC[C@@H](C)O1. The largest absolute Gasteiger partial charge is 0.333 e. The third-order valence-corrected chi connectivity index (χ3v) is 1.31. The Morgan fingerprint density at radius 1 is 1.56 bits per heavy atom. The van der Waals surface area contributed by atoms with Crippen molar-refractivity contribution >= 4 is 0 Å². The Hall–Kier alpha value is -0.120. The first-order valence-electron chi connectivity index (χ1n) is 3.13. The van der Waals surface area contributed by atoms with Crippen LogP contribution in [0.4, 0.5) is 0 Å². The van der Waals surface area contributed by atoms with Gasteiger partial charge in [0.2, 0.25) is 0 Å². The summed E-state index contributed by atoms with van der Waals surface area (Å²) in [6.45, 7) is 2.31. The molecule has 0 saturated carbocycles. The molecule has 0 aliphatic carbocycles. The lowest BCUT2D eigenvalue weighted by Gasteiger charge is -2.26. The molecule has 0 aromatic carbocycles. The van der Waals surface area contributed by atoms with Crippen LogP contribution in [0, 0.1) is 0 Å². The number of ether oxygens (including phenoxy) is 3. The van der Waals surface area contributed by atoms with Gasteiger partial charge in [-0.2, -0.15) is 0 Å². The molecule has 54 valence electrons. The van der Waals surface area contributed by atoms with Crippen molar-refractivity contribution in [2.75, 3.05) is 13.7 Å². The third kappa shape index (κ3) is 1.93. The van der Waals surface area contributed by atoms with Crippen LogP contribution in [0.1, 0.15) is 13.3 Å². The summed E-state index contributed by atoms with van der Waals surface area (Å²) in [7, 11) is 1.57. The lowest BCUT2D eigenvalue weighted by molar-refractivity contribution is -0.318. The Bertz CT molecular complexity index is 84.4. The van der Waals surface area contributed by atoms with E-state index in [4.69, 9.17) is 14.2 Å². The molecular weight excluding hydrogens is 120 g/mol. The van der Waals surface area contributed by atoms with E-state index in [2.05, 4.69) is 0 Å². The van der Waals surface area contributed by atoms with E-state index in [1.807, 2.05) is 6.92 Å². The fraction of sp³-hybridized carbons (Fsp3) is 1.00. The van der Waals surface area contributed by atoms with E-state index in [-0.39, 0.29) is 6.10 Å². The summed E-state index contributed by atoms with van der Waals surface area (Å²) in [5, 5.41) is 0. The van der Waals surface area contributed by atoms with Gasteiger partial charge in [-0.25, -0.2) is 0 Å². The highest BCUT2D eigenvalue weighted by atomic mass is 16.8. The molecule has 1 aliphatic rings. The molecule has 1 aliphatic heterocycles. The monoisotopic (exact) mass is 132 g/mol. The van der Waals surface area contributed by atoms with Gasteiger partial charge in [0.25, 0.3) is 6.48 Å². The molecule has 9 heavy (non-hydrogen) atoms. The molecule has 0 unspecified atom stereocenters. The maximum absolute atomic E-state index is 5.19. The van der Waals surface area contributed by atoms with Gasteiger partial charge in [-0.1, -0.05) is 0 Å². The zero-order valence-electron chi connectivity index (χ0n) is 5.79. The van der Waals surface area contributed by atoms with Crippen molar-refractivity contribution in [3.05, 3.63) is 0 Å². The summed E-state index contributed by atoms with van der Waals surface area (Å²) < 4.78 is 15.1. The number of hydrogen-bond acceptors (Lipinski definition) is 3. The summed E-state index contributed by atoms with van der Waals surface area (Å²) in [6.07, 6.45) is 1.23. The van der Waals surface area contributed by atoms with E-state index in [0.717, 1.165) is 13.0 Å². The first-order valence-corrected chi connectivity index (χ1v) is 3.13. The van der Waals surface area contributed by atoms with Gasteiger partial charge in [0, 0.05) is 7.11 Å². The predicted molar refractivity (Wildman–Crippen MR) is 31.9 cm³/mol. The Labute approximate surface area is 54.9 Å². The first-order chi connectivity index (χ1) is 4.33. The molecule has 1 saturated heterocycles. The lowest BCUT2D eigenvalue weighted by Crippen LogP contribution is -2.31. The van der Waals surface area contributed by atoms with Crippen molar-refractivity contribution in [1.29, 1.82) is 0 Å². The molecule has 3 heteroatoms. The topological polar surface area (TPSA) is 27.7 Å². The minimum atomic E-state index is -0.436. The van der Waals surface area contributed by atoms with Gasteiger partial charge in [0.15, 0.2) is 0 Å². The van der Waals surface area contributed by atoms with Crippen LogP contribution >= 0.6 is 0 Å². The molecule has 1 fully saturated rings. The fourth-order valence-corrected chi connectivity index (χ4v) is 0.751. The standard InChI is InChI=1S/C6H12O3/c1-5-3-4-8-6(7-2)9-5/h5-6H,3-4H2,1-2H3/t5-,6-/m1/s1. The van der Waals surface area contributed by atoms with Gasteiger partial charge in [-0.05, 0) is 13.3 Å². The van der Waals surface area contributed by atoms with E-state index < -0.39 is 6.48 Å². The van der Waals surface area contributed by atoms with Gasteiger partial charge >= 0.3 is 0 Å². The van der Waals surface area contributed by atoms with Crippen LogP contribution < -0.4 is 0 Å². The molecule has 1 heterocycles. The lowest BCUT2D eigenvalue weighted by atomic mass is 10.3. The van der Waals surface area contributed by atoms with Crippen LogP contribution in [0.5, 0.6) is 0 Å². The average molecular weight is 132 g/mol. The van der Waals surface area contributed by atoms with E-state index >= 15 is 0 Å². The minimum absolute atomic E-state index is 0.267. The minimum Gasteiger partial charge on any atom is -0.333 e. The predicted octanol–water partition coefficient (Wildman–Crippen LogP) is 0.742. The van der Waals surface area contributed by atoms with Crippen molar-refractivity contribution in [2.45, 2.75) is 25.9 Å². The molecule has 0 spiro atoms. The molecule has 0 bridgehead atoms. The fourth-order valence-electron chi connectivity index (χ4n) is 0.751. The smallest absolute Gasteiger partial charge is 0.271 e. The third-order valence-electron chi connectivity index (χ3n) is 1.31. The Kier molecular flexibility index (Phi) is 2.45. The van der Waals surface area contributed by atoms with E-state index in [1.165, 1.54) is 0 Å². The highest BCUT2D eigenvalue weighted by molar-refractivity contribution is 4.52. The van der Waals surface area contributed by atoms with Crippen LogP contribution in [0.2, 0.25) is 0 Å². The molecule has 3 nitrogen and oxygen atoms in total. The normalized spacial score (nSPS) is 36.7. The maximum Gasteiger partial charge on any atom is 0.271 e. The van der Waals surface area contributed by atoms with Gasteiger partial charge in [-0.3, -0.25) is 0 Å². The van der Waals surface area contributed by atoms with Crippen LogP contribution in [-0.2, 0) is 14.2 Å². The first kappa shape index (κ1) is 6.99. The summed E-state index contributed by atoms with van der Waals surface area (Å²) in [4.78, 5) is 0. The molecule has 1 rings (SSSR count). The Morgan fingerprint density at radius 2 is 2.33 bits per heavy atom. The quantitative estimate of drug-likeness (QED) is 0.526. The van der Waals surface area contributed by atoms with Crippen molar-refractivity contribution in [1.82, 2.24) is 0 Å². The Balaban J connectivity index is 2.23. The highest BCUT2D eigenvalue weighted by Gasteiger charge is 2.17. The van der Waals surface area contributed by atoms with Gasteiger partial charge in [-0.15, -0.1) is 0 Å². The van der Waals surface area contributed by atoms with E-state index in [1.54, 1.807) is 7.11 Å². The molecule has 0 aromatic heterocycles. The molecule has 0 aromatic rings. The van der Waals surface area contributed by atoms with Gasteiger partial charge < -0.3 is 14.2 Å². The summed E-state index contributed by atoms with van der Waals surface area (Å²) in [6, 6.07) is 0.